The fraction of sp³-hybridized carbons (Fsp3) is 0.182. The number of carbonyl (C=O) groups is 1. The average molecular weight is 320 g/mol. The van der Waals surface area contributed by atoms with Gasteiger partial charge in [0.1, 0.15) is 0 Å². The second-order valence-electron chi connectivity index (χ2n) is 3.41. The Morgan fingerprint density at radius 2 is 2.29 bits per heavy atom. The van der Waals surface area contributed by atoms with Crippen molar-refractivity contribution < 1.29 is 19.1 Å². The molecular weight excluding hydrogens is 311 g/mol. The second kappa shape index (κ2) is 4.68. The van der Waals surface area contributed by atoms with E-state index in [1.807, 2.05) is 0 Å². The predicted molar refractivity (Wildman–Crippen MR) is 66.6 cm³/mol. The van der Waals surface area contributed by atoms with Crippen molar-refractivity contribution in [3.63, 3.8) is 0 Å². The Morgan fingerprint density at radius 1 is 1.59 bits per heavy atom. The monoisotopic (exact) mass is 318 g/mol. The summed E-state index contributed by atoms with van der Waals surface area (Å²) in [6.45, 7) is 0.154. The standard InChI is InChI=1S/C11H8BrClO4/c1-16-4-7-6-2-5(12)3-8(13)9(6)17-10(7)11(14)15/h2-3H,4H2,1H3,(H,14,15). The highest BCUT2D eigenvalue weighted by atomic mass is 79.9. The Labute approximate surface area is 110 Å². The van der Waals surface area contributed by atoms with Crippen molar-refractivity contribution in [1.82, 2.24) is 0 Å². The number of furan rings is 1. The molecule has 4 nitrogen and oxygen atoms in total. The topological polar surface area (TPSA) is 59.7 Å². The zero-order chi connectivity index (χ0) is 12.6. The van der Waals surface area contributed by atoms with E-state index in [0.717, 1.165) is 4.47 Å². The van der Waals surface area contributed by atoms with Crippen LogP contribution in [0.5, 0.6) is 0 Å². The van der Waals surface area contributed by atoms with Crippen LogP contribution < -0.4 is 0 Å². The molecule has 0 saturated carbocycles. The highest BCUT2D eigenvalue weighted by Gasteiger charge is 2.21. The Morgan fingerprint density at radius 3 is 2.88 bits per heavy atom. The number of carboxylic acids is 1. The molecule has 0 saturated heterocycles. The summed E-state index contributed by atoms with van der Waals surface area (Å²) in [5.41, 5.74) is 0.845. The highest BCUT2D eigenvalue weighted by Crippen LogP contribution is 2.34. The Kier molecular flexibility index (Phi) is 3.42. The molecular formula is C11H8BrClO4. The van der Waals surface area contributed by atoms with Crippen LogP contribution in [0.1, 0.15) is 16.1 Å². The molecule has 1 N–H and O–H groups in total. The lowest BCUT2D eigenvalue weighted by Gasteiger charge is -1.98. The number of carboxylic acid groups (broad SMARTS) is 1. The van der Waals surface area contributed by atoms with Gasteiger partial charge >= 0.3 is 5.97 Å². The summed E-state index contributed by atoms with van der Waals surface area (Å²) in [5, 5.41) is 10.1. The Balaban J connectivity index is 2.79. The molecule has 1 aromatic heterocycles. The molecule has 0 unspecified atom stereocenters. The largest absolute Gasteiger partial charge is 0.475 e. The first kappa shape index (κ1) is 12.4. The minimum atomic E-state index is -1.14. The number of rotatable bonds is 3. The van der Waals surface area contributed by atoms with Crippen LogP contribution in [0, 0.1) is 0 Å². The van der Waals surface area contributed by atoms with E-state index in [0.29, 0.717) is 21.6 Å². The molecule has 1 heterocycles. The number of methoxy groups -OCH3 is 1. The Hall–Kier alpha value is -1.04. The first-order chi connectivity index (χ1) is 8.04. The minimum absolute atomic E-state index is 0.137. The van der Waals surface area contributed by atoms with Gasteiger partial charge in [0.15, 0.2) is 5.58 Å². The quantitative estimate of drug-likeness (QED) is 0.937. The van der Waals surface area contributed by atoms with Crippen molar-refractivity contribution in [2.24, 2.45) is 0 Å². The molecule has 0 aliphatic carbocycles. The van der Waals surface area contributed by atoms with Crippen LogP contribution in [0.4, 0.5) is 0 Å². The van der Waals surface area contributed by atoms with Crippen molar-refractivity contribution in [3.05, 3.63) is 33.0 Å². The summed E-state index contributed by atoms with van der Waals surface area (Å²) in [4.78, 5) is 11.1. The summed E-state index contributed by atoms with van der Waals surface area (Å²) in [5.74, 6) is -1.28. The van der Waals surface area contributed by atoms with E-state index in [1.54, 1.807) is 12.1 Å². The van der Waals surface area contributed by atoms with E-state index in [-0.39, 0.29) is 12.4 Å². The number of fused-ring (bicyclic) bond motifs is 1. The van der Waals surface area contributed by atoms with Gasteiger partial charge in [-0.1, -0.05) is 27.5 Å². The van der Waals surface area contributed by atoms with Gasteiger partial charge in [-0.2, -0.15) is 0 Å². The van der Waals surface area contributed by atoms with Crippen molar-refractivity contribution in [2.45, 2.75) is 6.61 Å². The van der Waals surface area contributed by atoms with Gasteiger partial charge in [0, 0.05) is 22.5 Å². The number of aromatic carboxylic acids is 1. The number of ether oxygens (including phenoxy) is 1. The molecule has 1 aromatic carbocycles. The van der Waals surface area contributed by atoms with Gasteiger partial charge in [0.2, 0.25) is 5.76 Å². The smallest absolute Gasteiger partial charge is 0.372 e. The maximum Gasteiger partial charge on any atom is 0.372 e. The van der Waals surface area contributed by atoms with Gasteiger partial charge in [0.25, 0.3) is 0 Å². The second-order valence-corrected chi connectivity index (χ2v) is 4.74. The van der Waals surface area contributed by atoms with Crippen molar-refractivity contribution in [2.75, 3.05) is 7.11 Å². The van der Waals surface area contributed by atoms with Gasteiger partial charge in [-0.25, -0.2) is 4.79 Å². The lowest BCUT2D eigenvalue weighted by atomic mass is 10.1. The maximum atomic E-state index is 11.1. The fourth-order valence-corrected chi connectivity index (χ4v) is 2.48. The molecule has 17 heavy (non-hydrogen) atoms. The number of benzene rings is 1. The molecule has 0 aliphatic rings. The van der Waals surface area contributed by atoms with E-state index >= 15 is 0 Å². The van der Waals surface area contributed by atoms with Crippen LogP contribution in [-0.4, -0.2) is 18.2 Å². The van der Waals surface area contributed by atoms with E-state index in [1.165, 1.54) is 7.11 Å². The molecule has 0 radical (unpaired) electrons. The molecule has 0 bridgehead atoms. The molecule has 2 rings (SSSR count). The first-order valence-electron chi connectivity index (χ1n) is 4.67. The third kappa shape index (κ3) is 2.18. The lowest BCUT2D eigenvalue weighted by molar-refractivity contribution is 0.0658. The lowest BCUT2D eigenvalue weighted by Crippen LogP contribution is -1.99. The molecule has 6 heteroatoms. The van der Waals surface area contributed by atoms with Gasteiger partial charge < -0.3 is 14.3 Å². The number of hydrogen-bond acceptors (Lipinski definition) is 3. The van der Waals surface area contributed by atoms with E-state index < -0.39 is 5.97 Å². The zero-order valence-electron chi connectivity index (χ0n) is 8.79. The SMILES string of the molecule is COCc1c(C(=O)O)oc2c(Cl)cc(Br)cc12. The van der Waals surface area contributed by atoms with E-state index in [4.69, 9.17) is 25.9 Å². The summed E-state index contributed by atoms with van der Waals surface area (Å²) in [6, 6.07) is 3.40. The van der Waals surface area contributed by atoms with Crippen LogP contribution >= 0.6 is 27.5 Å². The number of halogens is 2. The third-order valence-corrected chi connectivity index (χ3v) is 3.03. The average Bonchev–Trinajstić information content (AvgIpc) is 2.58. The molecule has 0 atom stereocenters. The fourth-order valence-electron chi connectivity index (χ4n) is 1.63. The summed E-state index contributed by atoms with van der Waals surface area (Å²) < 4.78 is 11.0. The molecule has 0 spiro atoms. The van der Waals surface area contributed by atoms with E-state index in [9.17, 15) is 4.79 Å². The van der Waals surface area contributed by atoms with Gasteiger partial charge in [0.05, 0.1) is 11.6 Å². The van der Waals surface area contributed by atoms with Gasteiger partial charge in [-0.3, -0.25) is 0 Å². The molecule has 90 valence electrons. The predicted octanol–water partition coefficient (Wildman–Crippen LogP) is 3.69. The van der Waals surface area contributed by atoms with Crippen LogP contribution in [0.15, 0.2) is 21.0 Å². The first-order valence-corrected chi connectivity index (χ1v) is 5.84. The van der Waals surface area contributed by atoms with Crippen molar-refractivity contribution in [3.8, 4) is 0 Å². The molecule has 0 aliphatic heterocycles. The van der Waals surface area contributed by atoms with Crippen LogP contribution in [0.3, 0.4) is 0 Å². The minimum Gasteiger partial charge on any atom is -0.475 e. The summed E-state index contributed by atoms with van der Waals surface area (Å²) in [7, 11) is 1.49. The van der Waals surface area contributed by atoms with Gasteiger partial charge in [-0.05, 0) is 12.1 Å². The third-order valence-electron chi connectivity index (χ3n) is 2.29. The zero-order valence-corrected chi connectivity index (χ0v) is 11.1. The summed E-state index contributed by atoms with van der Waals surface area (Å²) in [6.07, 6.45) is 0. The van der Waals surface area contributed by atoms with Crippen molar-refractivity contribution >= 4 is 44.5 Å². The molecule has 0 amide bonds. The van der Waals surface area contributed by atoms with Gasteiger partial charge in [-0.15, -0.1) is 0 Å². The number of hydrogen-bond donors (Lipinski definition) is 1. The van der Waals surface area contributed by atoms with Crippen molar-refractivity contribution in [1.29, 1.82) is 0 Å². The highest BCUT2D eigenvalue weighted by molar-refractivity contribution is 9.10. The van der Waals surface area contributed by atoms with Crippen LogP contribution in [0.2, 0.25) is 5.02 Å². The molecule has 2 aromatic rings. The normalized spacial score (nSPS) is 11.0. The van der Waals surface area contributed by atoms with Crippen LogP contribution in [0.25, 0.3) is 11.0 Å². The van der Waals surface area contributed by atoms with Crippen LogP contribution in [-0.2, 0) is 11.3 Å². The maximum absolute atomic E-state index is 11.1. The molecule has 0 fully saturated rings. The van der Waals surface area contributed by atoms with E-state index in [2.05, 4.69) is 15.9 Å². The Bertz CT molecular complexity index is 591. The summed E-state index contributed by atoms with van der Waals surface area (Å²) >= 11 is 9.30.